The second kappa shape index (κ2) is 8.67. The molecule has 168 valence electrons. The molecule has 3 aliphatic rings. The molecule has 2 saturated heterocycles. The first-order valence-corrected chi connectivity index (χ1v) is 11.3. The summed E-state index contributed by atoms with van der Waals surface area (Å²) < 4.78 is 13.6. The van der Waals surface area contributed by atoms with Gasteiger partial charge in [-0.25, -0.2) is 4.98 Å². The van der Waals surface area contributed by atoms with E-state index in [4.69, 9.17) is 26.2 Å². The summed E-state index contributed by atoms with van der Waals surface area (Å²) in [7, 11) is 0. The lowest BCUT2D eigenvalue weighted by Gasteiger charge is -2.26. The Labute approximate surface area is 191 Å². The van der Waals surface area contributed by atoms with Gasteiger partial charge >= 0.3 is 0 Å². The number of ether oxygens (including phenoxy) is 2. The normalized spacial score (nSPS) is 21.4. The van der Waals surface area contributed by atoms with Crippen molar-refractivity contribution in [3.05, 3.63) is 40.4 Å². The van der Waals surface area contributed by atoms with Crippen molar-refractivity contribution in [1.82, 2.24) is 19.7 Å². The molecule has 1 atom stereocenters. The largest absolute Gasteiger partial charge is 0.472 e. The van der Waals surface area contributed by atoms with Crippen LogP contribution in [0.25, 0.3) is 11.1 Å². The Hall–Kier alpha value is -2.71. The van der Waals surface area contributed by atoms with Crippen LogP contribution >= 0.6 is 11.6 Å². The van der Waals surface area contributed by atoms with Gasteiger partial charge in [0.2, 0.25) is 5.88 Å². The van der Waals surface area contributed by atoms with E-state index < -0.39 is 0 Å². The van der Waals surface area contributed by atoms with E-state index >= 15 is 0 Å². The van der Waals surface area contributed by atoms with Crippen molar-refractivity contribution >= 4 is 23.6 Å². The average Bonchev–Trinajstić information content (AvgIpc) is 3.31. The van der Waals surface area contributed by atoms with Gasteiger partial charge in [0, 0.05) is 55.2 Å². The van der Waals surface area contributed by atoms with Crippen LogP contribution in [0.3, 0.4) is 0 Å². The maximum absolute atomic E-state index is 11.9. The van der Waals surface area contributed by atoms with Gasteiger partial charge in [0.05, 0.1) is 31.1 Å². The van der Waals surface area contributed by atoms with Crippen LogP contribution < -0.4 is 4.74 Å². The number of allylic oxidation sites excluding steroid dienone is 1. The fourth-order valence-corrected chi connectivity index (χ4v) is 4.70. The molecule has 5 rings (SSSR count). The Balaban J connectivity index is 1.30. The molecule has 0 unspecified atom stereocenters. The molecule has 0 spiro atoms. The highest BCUT2D eigenvalue weighted by Gasteiger charge is 2.29. The molecule has 3 aliphatic heterocycles. The summed E-state index contributed by atoms with van der Waals surface area (Å²) in [4.78, 5) is 22.4. The van der Waals surface area contributed by atoms with Crippen molar-refractivity contribution in [2.75, 3.05) is 32.8 Å². The SMILES string of the molecule is Cc1nn(CC2COC2)c(C)c1-c1ccnc(O[C@@H]2CCN(C3=C(Cl)C(=O)CN=C3)C2)c1. The van der Waals surface area contributed by atoms with E-state index in [1.54, 1.807) is 12.4 Å². The van der Waals surface area contributed by atoms with E-state index in [-0.39, 0.29) is 23.5 Å². The highest BCUT2D eigenvalue weighted by molar-refractivity contribution is 6.44. The number of nitrogens with zero attached hydrogens (tertiary/aromatic N) is 5. The number of hydrogen-bond acceptors (Lipinski definition) is 7. The number of aryl methyl sites for hydroxylation is 1. The van der Waals surface area contributed by atoms with Gasteiger partial charge < -0.3 is 14.4 Å². The topological polar surface area (TPSA) is 81.8 Å². The standard InChI is InChI=1S/C23H26ClN5O3/c1-14-22(15(2)29(27-14)10-16-12-31-13-16)17-3-5-26-21(7-17)32-18-4-6-28(11-18)19-8-25-9-20(30)23(19)24/h3,5,7-8,16,18H,4,6,9-13H2,1-2H3/t18-/m1/s1. The van der Waals surface area contributed by atoms with Crippen molar-refractivity contribution in [3.63, 3.8) is 0 Å². The number of carbonyl (C=O) groups excluding carboxylic acids is 1. The minimum Gasteiger partial charge on any atom is -0.472 e. The van der Waals surface area contributed by atoms with Crippen molar-refractivity contribution in [2.24, 2.45) is 10.9 Å². The summed E-state index contributed by atoms with van der Waals surface area (Å²) in [6.07, 6.45) is 4.24. The summed E-state index contributed by atoms with van der Waals surface area (Å²) in [5.41, 5.74) is 4.99. The number of halogens is 1. The highest BCUT2D eigenvalue weighted by atomic mass is 35.5. The summed E-state index contributed by atoms with van der Waals surface area (Å²) in [5.74, 6) is 0.983. The molecule has 0 amide bonds. The number of pyridine rings is 1. The van der Waals surface area contributed by atoms with Crippen LogP contribution in [-0.4, -0.2) is 70.6 Å². The number of aliphatic imine (C=N–C) groups is 1. The minimum absolute atomic E-state index is 0.0383. The van der Waals surface area contributed by atoms with Gasteiger partial charge in [-0.1, -0.05) is 11.6 Å². The lowest BCUT2D eigenvalue weighted by atomic mass is 10.0. The molecule has 9 heteroatoms. The lowest BCUT2D eigenvalue weighted by molar-refractivity contribution is -0.113. The quantitative estimate of drug-likeness (QED) is 0.666. The second-order valence-corrected chi connectivity index (χ2v) is 8.96. The van der Waals surface area contributed by atoms with E-state index in [2.05, 4.69) is 26.5 Å². The second-order valence-electron chi connectivity index (χ2n) is 8.58. The number of aromatic nitrogens is 3. The Morgan fingerprint density at radius 2 is 2.16 bits per heavy atom. The molecule has 0 N–H and O–H groups in total. The maximum Gasteiger partial charge on any atom is 0.214 e. The first-order valence-electron chi connectivity index (χ1n) is 10.9. The molecule has 5 heterocycles. The molecule has 2 aromatic heterocycles. The van der Waals surface area contributed by atoms with E-state index in [1.807, 2.05) is 19.1 Å². The third-order valence-corrected chi connectivity index (χ3v) is 6.64. The maximum atomic E-state index is 11.9. The van der Waals surface area contributed by atoms with Crippen LogP contribution in [-0.2, 0) is 16.1 Å². The van der Waals surface area contributed by atoms with Crippen LogP contribution in [0.4, 0.5) is 0 Å². The number of likely N-dealkylation sites (tertiary alicyclic amines) is 1. The van der Waals surface area contributed by atoms with Gasteiger partial charge in [-0.15, -0.1) is 0 Å². The zero-order chi connectivity index (χ0) is 22.2. The number of ketones is 1. The zero-order valence-electron chi connectivity index (χ0n) is 18.3. The first-order chi connectivity index (χ1) is 15.5. The van der Waals surface area contributed by atoms with Crippen molar-refractivity contribution < 1.29 is 14.3 Å². The van der Waals surface area contributed by atoms with Crippen LogP contribution in [0.15, 0.2) is 34.1 Å². The Morgan fingerprint density at radius 1 is 1.31 bits per heavy atom. The number of hydrogen-bond donors (Lipinski definition) is 0. The minimum atomic E-state index is -0.140. The molecular weight excluding hydrogens is 430 g/mol. The molecule has 0 bridgehead atoms. The Kier molecular flexibility index (Phi) is 5.73. The van der Waals surface area contributed by atoms with Gasteiger partial charge in [-0.3, -0.25) is 14.5 Å². The van der Waals surface area contributed by atoms with Gasteiger partial charge in [-0.05, 0) is 25.5 Å². The van der Waals surface area contributed by atoms with E-state index in [0.29, 0.717) is 24.0 Å². The fraction of sp³-hybridized carbons (Fsp3) is 0.478. The van der Waals surface area contributed by atoms with E-state index in [0.717, 1.165) is 55.2 Å². The van der Waals surface area contributed by atoms with Crippen molar-refractivity contribution in [3.8, 4) is 17.0 Å². The summed E-state index contributed by atoms with van der Waals surface area (Å²) in [5, 5.41) is 5.01. The predicted octanol–water partition coefficient (Wildman–Crippen LogP) is 2.77. The zero-order valence-corrected chi connectivity index (χ0v) is 19.0. The third kappa shape index (κ3) is 4.04. The molecule has 0 saturated carbocycles. The molecule has 0 aromatic carbocycles. The highest BCUT2D eigenvalue weighted by Crippen LogP contribution is 2.31. The number of dihydropyridines is 1. The van der Waals surface area contributed by atoms with Crippen molar-refractivity contribution in [2.45, 2.75) is 32.9 Å². The van der Waals surface area contributed by atoms with E-state index in [1.165, 1.54) is 0 Å². The van der Waals surface area contributed by atoms with Crippen molar-refractivity contribution in [1.29, 1.82) is 0 Å². The van der Waals surface area contributed by atoms with Crippen LogP contribution in [0, 0.1) is 19.8 Å². The van der Waals surface area contributed by atoms with Crippen LogP contribution in [0.5, 0.6) is 5.88 Å². The predicted molar refractivity (Wildman–Crippen MR) is 121 cm³/mol. The van der Waals surface area contributed by atoms with Gasteiger partial charge in [0.15, 0.2) is 5.78 Å². The molecule has 32 heavy (non-hydrogen) atoms. The average molecular weight is 456 g/mol. The van der Waals surface area contributed by atoms with Crippen LogP contribution in [0.1, 0.15) is 17.8 Å². The summed E-state index contributed by atoms with van der Waals surface area (Å²) in [6.45, 7) is 8.15. The Bertz CT molecular complexity index is 1110. The summed E-state index contributed by atoms with van der Waals surface area (Å²) >= 11 is 6.21. The first kappa shape index (κ1) is 21.2. The van der Waals surface area contributed by atoms with Gasteiger partial charge in [-0.2, -0.15) is 5.10 Å². The monoisotopic (exact) mass is 455 g/mol. The fourth-order valence-electron chi connectivity index (χ4n) is 4.47. The molecular formula is C23H26ClN5O3. The van der Waals surface area contributed by atoms with Crippen LogP contribution in [0.2, 0.25) is 0 Å². The van der Waals surface area contributed by atoms with Gasteiger partial charge in [0.1, 0.15) is 17.7 Å². The number of rotatable bonds is 6. The number of Topliss-reactive ketones (excluding diaryl/α,β-unsaturated/α-hetero) is 1. The molecule has 2 aromatic rings. The summed E-state index contributed by atoms with van der Waals surface area (Å²) in [6, 6.07) is 3.98. The molecule has 2 fully saturated rings. The Morgan fingerprint density at radius 3 is 2.94 bits per heavy atom. The van der Waals surface area contributed by atoms with E-state index in [9.17, 15) is 4.79 Å². The third-order valence-electron chi connectivity index (χ3n) is 6.23. The van der Waals surface area contributed by atoms with Gasteiger partial charge in [0.25, 0.3) is 0 Å². The lowest BCUT2D eigenvalue weighted by Crippen LogP contribution is -2.32. The molecule has 8 nitrogen and oxygen atoms in total. The smallest absolute Gasteiger partial charge is 0.214 e. The molecule has 0 radical (unpaired) electrons. The number of carbonyl (C=O) groups is 1. The molecule has 0 aliphatic carbocycles.